The number of carboxylic acids is 1. The zero-order valence-corrected chi connectivity index (χ0v) is 13.3. The number of carboxylic acid groups (broad SMARTS) is 1. The number of carbonyl (C=O) groups is 2. The van der Waals surface area contributed by atoms with Gasteiger partial charge in [0.2, 0.25) is 5.91 Å². The maximum absolute atomic E-state index is 11.4. The summed E-state index contributed by atoms with van der Waals surface area (Å²) in [6.07, 6.45) is 0.754. The topological polar surface area (TPSA) is 60.9 Å². The van der Waals surface area contributed by atoms with E-state index in [1.54, 1.807) is 6.92 Å². The van der Waals surface area contributed by atoms with Crippen LogP contribution in [0.25, 0.3) is 0 Å². The molecule has 0 bridgehead atoms. The first-order chi connectivity index (χ1) is 10.5. The van der Waals surface area contributed by atoms with Gasteiger partial charge in [-0.1, -0.05) is 29.8 Å². The van der Waals surface area contributed by atoms with Gasteiger partial charge in [-0.2, -0.15) is 0 Å². The van der Waals surface area contributed by atoms with E-state index in [2.05, 4.69) is 29.2 Å². The van der Waals surface area contributed by atoms with Gasteiger partial charge in [0.25, 0.3) is 0 Å². The normalized spacial score (nSPS) is 17.3. The number of rotatable bonds is 5. The fraction of sp³-hybridized carbons (Fsp3) is 0.529. The van der Waals surface area contributed by atoms with Crippen LogP contribution in [0.15, 0.2) is 24.3 Å². The van der Waals surface area contributed by atoms with E-state index in [0.29, 0.717) is 19.5 Å². The van der Waals surface area contributed by atoms with Crippen LogP contribution in [0.5, 0.6) is 0 Å². The summed E-state index contributed by atoms with van der Waals surface area (Å²) in [5, 5.41) is 9.00. The first kappa shape index (κ1) is 16.5. The predicted octanol–water partition coefficient (Wildman–Crippen LogP) is 2.07. The molecule has 1 amide bonds. The number of benzene rings is 1. The third kappa shape index (κ3) is 4.31. The Balaban J connectivity index is 2.09. The van der Waals surface area contributed by atoms with Crippen molar-refractivity contribution in [3.8, 4) is 0 Å². The van der Waals surface area contributed by atoms with Crippen LogP contribution in [0.4, 0.5) is 0 Å². The van der Waals surface area contributed by atoms with E-state index in [1.165, 1.54) is 5.56 Å². The molecule has 120 valence electrons. The SMILES string of the molecule is CC(=O)N1CCN([C@@H](CCC(=O)O)c2ccc(C)cc2)CC1. The van der Waals surface area contributed by atoms with E-state index in [-0.39, 0.29) is 18.4 Å². The lowest BCUT2D eigenvalue weighted by Crippen LogP contribution is -2.49. The number of aliphatic carboxylic acids is 1. The van der Waals surface area contributed by atoms with Gasteiger partial charge < -0.3 is 10.0 Å². The summed E-state index contributed by atoms with van der Waals surface area (Å²) in [7, 11) is 0. The van der Waals surface area contributed by atoms with Gasteiger partial charge in [-0.25, -0.2) is 0 Å². The molecule has 0 saturated carbocycles. The minimum Gasteiger partial charge on any atom is -0.481 e. The Hall–Kier alpha value is -1.88. The Labute approximate surface area is 131 Å². The molecule has 5 nitrogen and oxygen atoms in total. The zero-order chi connectivity index (χ0) is 16.1. The van der Waals surface area contributed by atoms with E-state index in [9.17, 15) is 9.59 Å². The number of carbonyl (C=O) groups excluding carboxylic acids is 1. The molecule has 1 saturated heterocycles. The summed E-state index contributed by atoms with van der Waals surface area (Å²) in [5.41, 5.74) is 2.35. The molecule has 5 heteroatoms. The molecule has 0 spiro atoms. The third-order valence-corrected chi connectivity index (χ3v) is 4.29. The third-order valence-electron chi connectivity index (χ3n) is 4.29. The Morgan fingerprint density at radius 1 is 1.14 bits per heavy atom. The predicted molar refractivity (Wildman–Crippen MR) is 84.6 cm³/mol. The summed E-state index contributed by atoms with van der Waals surface area (Å²) >= 11 is 0. The first-order valence-corrected chi connectivity index (χ1v) is 7.75. The van der Waals surface area contributed by atoms with Gasteiger partial charge in [0.05, 0.1) is 0 Å². The Bertz CT molecular complexity index is 519. The molecule has 2 rings (SSSR count). The zero-order valence-electron chi connectivity index (χ0n) is 13.3. The van der Waals surface area contributed by atoms with Gasteiger partial charge >= 0.3 is 5.97 Å². The summed E-state index contributed by atoms with van der Waals surface area (Å²) < 4.78 is 0. The van der Waals surface area contributed by atoms with E-state index >= 15 is 0 Å². The lowest BCUT2D eigenvalue weighted by molar-refractivity contribution is -0.137. The van der Waals surface area contributed by atoms with Gasteiger partial charge in [-0.05, 0) is 18.9 Å². The lowest BCUT2D eigenvalue weighted by atomic mass is 9.98. The molecule has 0 aliphatic carbocycles. The van der Waals surface area contributed by atoms with E-state index < -0.39 is 5.97 Å². The Morgan fingerprint density at radius 3 is 2.23 bits per heavy atom. The van der Waals surface area contributed by atoms with Crippen molar-refractivity contribution < 1.29 is 14.7 Å². The summed E-state index contributed by atoms with van der Waals surface area (Å²) in [6.45, 7) is 6.64. The molecule has 0 aromatic heterocycles. The molecule has 1 aromatic rings. The Kier molecular flexibility index (Phi) is 5.55. The quantitative estimate of drug-likeness (QED) is 0.904. The molecule has 22 heavy (non-hydrogen) atoms. The highest BCUT2D eigenvalue weighted by Gasteiger charge is 2.26. The average Bonchev–Trinajstić information content (AvgIpc) is 2.49. The second-order valence-electron chi connectivity index (χ2n) is 5.90. The van der Waals surface area contributed by atoms with Gasteiger partial charge in [-0.3, -0.25) is 14.5 Å². The number of aryl methyl sites for hydroxylation is 1. The van der Waals surface area contributed by atoms with E-state index in [1.807, 2.05) is 11.8 Å². The van der Waals surface area contributed by atoms with Crippen LogP contribution in [0.2, 0.25) is 0 Å². The molecule has 1 aliphatic rings. The van der Waals surface area contributed by atoms with Crippen molar-refractivity contribution in [3.05, 3.63) is 35.4 Å². The molecule has 1 atom stereocenters. The molecule has 1 fully saturated rings. The van der Waals surface area contributed by atoms with Crippen molar-refractivity contribution >= 4 is 11.9 Å². The molecule has 0 radical (unpaired) electrons. The number of amides is 1. The maximum Gasteiger partial charge on any atom is 0.303 e. The fourth-order valence-electron chi connectivity index (χ4n) is 2.96. The fourth-order valence-corrected chi connectivity index (χ4v) is 2.96. The van der Waals surface area contributed by atoms with Crippen molar-refractivity contribution in [2.75, 3.05) is 26.2 Å². The minimum atomic E-state index is -0.764. The van der Waals surface area contributed by atoms with Crippen molar-refractivity contribution in [1.82, 2.24) is 9.80 Å². The highest BCUT2D eigenvalue weighted by atomic mass is 16.4. The van der Waals surface area contributed by atoms with Gasteiger partial charge in [-0.15, -0.1) is 0 Å². The summed E-state index contributed by atoms with van der Waals surface area (Å²) in [4.78, 5) is 26.5. The maximum atomic E-state index is 11.4. The highest BCUT2D eigenvalue weighted by molar-refractivity contribution is 5.73. The number of nitrogens with zero attached hydrogens (tertiary/aromatic N) is 2. The van der Waals surface area contributed by atoms with Crippen LogP contribution in [0.1, 0.15) is 36.9 Å². The van der Waals surface area contributed by atoms with Gasteiger partial charge in [0.15, 0.2) is 0 Å². The van der Waals surface area contributed by atoms with Crippen LogP contribution in [0, 0.1) is 6.92 Å². The first-order valence-electron chi connectivity index (χ1n) is 7.75. The van der Waals surface area contributed by atoms with Crippen LogP contribution in [0.3, 0.4) is 0 Å². The van der Waals surface area contributed by atoms with E-state index in [4.69, 9.17) is 5.11 Å². The van der Waals surface area contributed by atoms with Crippen molar-refractivity contribution in [2.24, 2.45) is 0 Å². The average molecular weight is 304 g/mol. The van der Waals surface area contributed by atoms with Crippen LogP contribution in [-0.2, 0) is 9.59 Å². The standard InChI is InChI=1S/C17H24N2O3/c1-13-3-5-15(6-4-13)16(7-8-17(21)22)19-11-9-18(10-12-19)14(2)20/h3-6,16H,7-12H2,1-2H3,(H,21,22)/t16-/m0/s1. The van der Waals surface area contributed by atoms with Crippen molar-refractivity contribution in [3.63, 3.8) is 0 Å². The Morgan fingerprint density at radius 2 is 1.73 bits per heavy atom. The smallest absolute Gasteiger partial charge is 0.303 e. The number of piperazine rings is 1. The molecular formula is C17H24N2O3. The van der Waals surface area contributed by atoms with Gasteiger partial charge in [0, 0.05) is 45.6 Å². The number of hydrogen-bond acceptors (Lipinski definition) is 3. The highest BCUT2D eigenvalue weighted by Crippen LogP contribution is 2.27. The molecule has 1 heterocycles. The van der Waals surface area contributed by atoms with Crippen molar-refractivity contribution in [2.45, 2.75) is 32.7 Å². The van der Waals surface area contributed by atoms with Crippen LogP contribution >= 0.6 is 0 Å². The molecule has 1 aliphatic heterocycles. The molecule has 1 N–H and O–H groups in total. The van der Waals surface area contributed by atoms with Crippen molar-refractivity contribution in [1.29, 1.82) is 0 Å². The number of hydrogen-bond donors (Lipinski definition) is 1. The minimum absolute atomic E-state index is 0.103. The summed E-state index contributed by atoms with van der Waals surface area (Å²) in [5.74, 6) is -0.656. The second kappa shape index (κ2) is 7.40. The second-order valence-corrected chi connectivity index (χ2v) is 5.90. The lowest BCUT2D eigenvalue weighted by Gasteiger charge is -2.39. The molecule has 1 aromatic carbocycles. The van der Waals surface area contributed by atoms with Crippen LogP contribution < -0.4 is 0 Å². The monoisotopic (exact) mass is 304 g/mol. The van der Waals surface area contributed by atoms with E-state index in [0.717, 1.165) is 18.7 Å². The largest absolute Gasteiger partial charge is 0.481 e. The molecule has 0 unspecified atom stereocenters. The van der Waals surface area contributed by atoms with Crippen LogP contribution in [-0.4, -0.2) is 53.0 Å². The summed E-state index contributed by atoms with van der Waals surface area (Å²) in [6, 6.07) is 8.40. The van der Waals surface area contributed by atoms with Gasteiger partial charge in [0.1, 0.15) is 0 Å². The molecular weight excluding hydrogens is 280 g/mol.